The summed E-state index contributed by atoms with van der Waals surface area (Å²) < 4.78 is 19.2. The molecule has 0 atom stereocenters. The van der Waals surface area contributed by atoms with Crippen LogP contribution in [0.15, 0.2) is 23.0 Å². The van der Waals surface area contributed by atoms with Crippen molar-refractivity contribution in [3.63, 3.8) is 0 Å². The van der Waals surface area contributed by atoms with Gasteiger partial charge >= 0.3 is 5.97 Å². The Labute approximate surface area is 131 Å². The van der Waals surface area contributed by atoms with E-state index in [9.17, 15) is 14.1 Å². The number of esters is 1. The number of pyridine rings is 1. The van der Waals surface area contributed by atoms with Crippen molar-refractivity contribution < 1.29 is 14.0 Å². The Bertz CT molecular complexity index is 1000. The number of methoxy groups -OCH3 is 1. The molecule has 0 bridgehead atoms. The molecular weight excluding hydrogens is 301 g/mol. The monoisotopic (exact) mass is 317 g/mol. The van der Waals surface area contributed by atoms with E-state index in [0.29, 0.717) is 16.7 Å². The van der Waals surface area contributed by atoms with Gasteiger partial charge in [-0.2, -0.15) is 0 Å². The molecule has 0 amide bonds. The number of carbonyl (C=O) groups excluding carboxylic acids is 1. The zero-order valence-corrected chi connectivity index (χ0v) is 13.2. The Morgan fingerprint density at radius 3 is 2.65 bits per heavy atom. The number of aromatic nitrogens is 2. The molecule has 0 spiro atoms. The molecule has 0 saturated carbocycles. The Balaban J connectivity index is 2.62. The lowest BCUT2D eigenvalue weighted by Gasteiger charge is -2.11. The van der Waals surface area contributed by atoms with Gasteiger partial charge in [-0.05, 0) is 19.1 Å². The number of halogens is 1. The standard InChI is InChI=1S/C16H16FN3O3/c1-8-5-6-10-9(7-8)13-11(15(21)20(10)17)12(16(22)23-4)14(18-13)19(2)3/h5-7,18H,1-4H3. The highest BCUT2D eigenvalue weighted by atomic mass is 19.2. The molecule has 1 aromatic carbocycles. The second-order valence-corrected chi connectivity index (χ2v) is 5.59. The van der Waals surface area contributed by atoms with Gasteiger partial charge in [0.25, 0.3) is 5.56 Å². The van der Waals surface area contributed by atoms with Crippen molar-refractivity contribution in [1.82, 2.24) is 9.77 Å². The molecule has 0 radical (unpaired) electrons. The van der Waals surface area contributed by atoms with Gasteiger partial charge in [-0.15, -0.1) is 4.79 Å². The van der Waals surface area contributed by atoms with Crippen LogP contribution in [0, 0.1) is 6.92 Å². The van der Waals surface area contributed by atoms with E-state index in [0.717, 1.165) is 5.56 Å². The molecule has 2 heterocycles. The first-order valence-corrected chi connectivity index (χ1v) is 6.99. The number of hydrogen-bond donors (Lipinski definition) is 1. The van der Waals surface area contributed by atoms with Crippen LogP contribution in [0.5, 0.6) is 0 Å². The lowest BCUT2D eigenvalue weighted by Crippen LogP contribution is -2.18. The molecule has 3 aromatic rings. The third-order valence-electron chi connectivity index (χ3n) is 3.84. The van der Waals surface area contributed by atoms with E-state index >= 15 is 0 Å². The first-order chi connectivity index (χ1) is 10.9. The van der Waals surface area contributed by atoms with Crippen LogP contribution in [0.4, 0.5) is 10.3 Å². The molecule has 0 aliphatic carbocycles. The van der Waals surface area contributed by atoms with Crippen molar-refractivity contribution >= 4 is 33.6 Å². The van der Waals surface area contributed by atoms with Gasteiger partial charge in [0.05, 0.1) is 23.5 Å². The van der Waals surface area contributed by atoms with Crippen LogP contribution in [0.3, 0.4) is 0 Å². The molecule has 0 saturated heterocycles. The Hall–Kier alpha value is -2.83. The second-order valence-electron chi connectivity index (χ2n) is 5.59. The van der Waals surface area contributed by atoms with Crippen molar-refractivity contribution in [2.24, 2.45) is 0 Å². The summed E-state index contributed by atoms with van der Waals surface area (Å²) in [6.45, 7) is 1.87. The maximum Gasteiger partial charge on any atom is 0.342 e. The summed E-state index contributed by atoms with van der Waals surface area (Å²) in [7, 11) is 4.66. The average Bonchev–Trinajstić information content (AvgIpc) is 2.92. The van der Waals surface area contributed by atoms with Crippen LogP contribution >= 0.6 is 0 Å². The quantitative estimate of drug-likeness (QED) is 0.737. The van der Waals surface area contributed by atoms with Crippen molar-refractivity contribution in [3.8, 4) is 0 Å². The van der Waals surface area contributed by atoms with Gasteiger partial charge in [-0.3, -0.25) is 4.79 Å². The lowest BCUT2D eigenvalue weighted by atomic mass is 10.1. The minimum atomic E-state index is -0.888. The van der Waals surface area contributed by atoms with E-state index in [1.165, 1.54) is 7.11 Å². The van der Waals surface area contributed by atoms with Gasteiger partial charge in [-0.1, -0.05) is 16.1 Å². The number of aryl methyl sites for hydroxylation is 1. The maximum absolute atomic E-state index is 14.4. The number of aromatic amines is 1. The van der Waals surface area contributed by atoms with E-state index < -0.39 is 11.5 Å². The Morgan fingerprint density at radius 1 is 1.35 bits per heavy atom. The minimum Gasteiger partial charge on any atom is -0.465 e. The second kappa shape index (κ2) is 5.12. The number of hydrogen-bond acceptors (Lipinski definition) is 4. The van der Waals surface area contributed by atoms with Crippen molar-refractivity contribution in [3.05, 3.63) is 39.7 Å². The molecular formula is C16H16FN3O3. The van der Waals surface area contributed by atoms with Gasteiger partial charge in [0.15, 0.2) is 0 Å². The molecule has 3 rings (SSSR count). The summed E-state index contributed by atoms with van der Waals surface area (Å²) in [5.74, 6) is -0.290. The van der Waals surface area contributed by atoms with Crippen LogP contribution < -0.4 is 10.5 Å². The third kappa shape index (κ3) is 2.08. The Kier molecular flexibility index (Phi) is 3.35. The number of fused-ring (bicyclic) bond motifs is 3. The van der Waals surface area contributed by atoms with Crippen molar-refractivity contribution in [1.29, 1.82) is 0 Å². The van der Waals surface area contributed by atoms with Crippen LogP contribution in [0.2, 0.25) is 0 Å². The number of nitrogens with zero attached hydrogens (tertiary/aromatic N) is 2. The fourth-order valence-corrected chi connectivity index (χ4v) is 2.77. The van der Waals surface area contributed by atoms with E-state index in [1.807, 2.05) is 6.92 Å². The first kappa shape index (κ1) is 15.1. The van der Waals surface area contributed by atoms with Gasteiger partial charge in [0.2, 0.25) is 0 Å². The molecule has 0 aliphatic heterocycles. The molecule has 7 heteroatoms. The minimum absolute atomic E-state index is 0.0128. The summed E-state index contributed by atoms with van der Waals surface area (Å²) in [4.78, 5) is 29.4. The van der Waals surface area contributed by atoms with Crippen LogP contribution in [0.1, 0.15) is 15.9 Å². The summed E-state index contributed by atoms with van der Waals surface area (Å²) >= 11 is 0. The number of carbonyl (C=O) groups is 1. The maximum atomic E-state index is 14.4. The fourth-order valence-electron chi connectivity index (χ4n) is 2.77. The van der Waals surface area contributed by atoms with E-state index in [-0.39, 0.29) is 21.3 Å². The number of benzene rings is 1. The third-order valence-corrected chi connectivity index (χ3v) is 3.84. The van der Waals surface area contributed by atoms with Gasteiger partial charge in [0.1, 0.15) is 11.4 Å². The molecule has 23 heavy (non-hydrogen) atoms. The topological polar surface area (TPSA) is 67.3 Å². The fraction of sp³-hybridized carbons (Fsp3) is 0.250. The summed E-state index contributed by atoms with van der Waals surface area (Å²) in [5, 5.41) is 0.515. The largest absolute Gasteiger partial charge is 0.465 e. The predicted molar refractivity (Wildman–Crippen MR) is 87.0 cm³/mol. The molecule has 6 nitrogen and oxygen atoms in total. The molecule has 0 unspecified atom stereocenters. The average molecular weight is 317 g/mol. The number of anilines is 1. The van der Waals surface area contributed by atoms with E-state index in [2.05, 4.69) is 4.98 Å². The number of ether oxygens (including phenoxy) is 1. The number of H-pyrrole nitrogens is 1. The smallest absolute Gasteiger partial charge is 0.342 e. The summed E-state index contributed by atoms with van der Waals surface area (Å²) in [6.07, 6.45) is 0. The summed E-state index contributed by atoms with van der Waals surface area (Å²) in [5.41, 5.74) is 0.634. The highest BCUT2D eigenvalue weighted by Gasteiger charge is 2.26. The zero-order chi connectivity index (χ0) is 16.9. The van der Waals surface area contributed by atoms with Crippen LogP contribution in [0.25, 0.3) is 21.8 Å². The molecule has 0 fully saturated rings. The molecule has 0 aliphatic rings. The molecule has 120 valence electrons. The van der Waals surface area contributed by atoms with Crippen LogP contribution in [-0.4, -0.2) is 36.9 Å². The lowest BCUT2D eigenvalue weighted by molar-refractivity contribution is 0.0603. The van der Waals surface area contributed by atoms with Crippen molar-refractivity contribution in [2.45, 2.75) is 6.92 Å². The summed E-state index contributed by atoms with van der Waals surface area (Å²) in [6, 6.07) is 5.03. The van der Waals surface area contributed by atoms with Gasteiger partial charge < -0.3 is 14.6 Å². The SMILES string of the molecule is COC(=O)c1c(N(C)C)[nH]c2c1c(=O)n(F)c1ccc(C)cc21. The van der Waals surface area contributed by atoms with Crippen molar-refractivity contribution in [2.75, 3.05) is 26.1 Å². The highest BCUT2D eigenvalue weighted by Crippen LogP contribution is 2.31. The number of nitrogens with one attached hydrogen (secondary N) is 1. The first-order valence-electron chi connectivity index (χ1n) is 6.99. The normalized spacial score (nSPS) is 11.2. The molecule has 1 N–H and O–H groups in total. The van der Waals surface area contributed by atoms with E-state index in [1.54, 1.807) is 37.2 Å². The van der Waals surface area contributed by atoms with Gasteiger partial charge in [0, 0.05) is 19.5 Å². The number of rotatable bonds is 2. The Morgan fingerprint density at radius 2 is 2.04 bits per heavy atom. The predicted octanol–water partition coefficient (Wildman–Crippen LogP) is 2.38. The van der Waals surface area contributed by atoms with E-state index in [4.69, 9.17) is 4.74 Å². The van der Waals surface area contributed by atoms with Gasteiger partial charge in [-0.25, -0.2) is 4.79 Å². The molecule has 2 aromatic heterocycles. The zero-order valence-electron chi connectivity index (χ0n) is 13.2. The highest BCUT2D eigenvalue weighted by molar-refractivity contribution is 6.15. The van der Waals surface area contributed by atoms with Crippen LogP contribution in [-0.2, 0) is 4.74 Å².